The lowest BCUT2D eigenvalue weighted by atomic mass is 9.90. The number of carbonyl (C=O) groups is 1. The Morgan fingerprint density at radius 3 is 2.29 bits per heavy atom. The third kappa shape index (κ3) is 1.41. The molecule has 1 heterocycles. The molecule has 1 aliphatic heterocycles. The van der Waals surface area contributed by atoms with E-state index in [0.717, 1.165) is 5.56 Å². The number of ether oxygens (including phenoxy) is 1. The van der Waals surface area contributed by atoms with Crippen molar-refractivity contribution in [3.63, 3.8) is 0 Å². The van der Waals surface area contributed by atoms with Gasteiger partial charge in [0.15, 0.2) is 0 Å². The van der Waals surface area contributed by atoms with Gasteiger partial charge in [-0.05, 0) is 5.56 Å². The van der Waals surface area contributed by atoms with Crippen LogP contribution in [-0.4, -0.2) is 5.97 Å². The molecule has 0 N–H and O–H groups in total. The zero-order valence-corrected chi connectivity index (χ0v) is 8.44. The van der Waals surface area contributed by atoms with Crippen molar-refractivity contribution in [2.24, 2.45) is 11.8 Å². The first kappa shape index (κ1) is 9.25. The van der Waals surface area contributed by atoms with E-state index in [0.29, 0.717) is 0 Å². The predicted molar refractivity (Wildman–Crippen MR) is 53.6 cm³/mol. The third-order valence-electron chi connectivity index (χ3n) is 3.01. The second kappa shape index (κ2) is 3.45. The van der Waals surface area contributed by atoms with Gasteiger partial charge < -0.3 is 4.74 Å². The Morgan fingerprint density at radius 2 is 1.79 bits per heavy atom. The first-order valence-electron chi connectivity index (χ1n) is 4.95. The van der Waals surface area contributed by atoms with Crippen LogP contribution >= 0.6 is 0 Å². The molecule has 1 saturated heterocycles. The van der Waals surface area contributed by atoms with Crippen LogP contribution in [0.4, 0.5) is 0 Å². The van der Waals surface area contributed by atoms with Crippen molar-refractivity contribution >= 4 is 5.97 Å². The molecule has 0 bridgehead atoms. The van der Waals surface area contributed by atoms with E-state index in [9.17, 15) is 4.79 Å². The second-order valence-corrected chi connectivity index (χ2v) is 3.92. The van der Waals surface area contributed by atoms with Crippen LogP contribution in [-0.2, 0) is 9.53 Å². The average Bonchev–Trinajstić information content (AvgIpc) is 2.47. The summed E-state index contributed by atoms with van der Waals surface area (Å²) in [7, 11) is 0. The van der Waals surface area contributed by atoms with Crippen molar-refractivity contribution < 1.29 is 9.53 Å². The molecule has 1 fully saturated rings. The zero-order chi connectivity index (χ0) is 10.1. The van der Waals surface area contributed by atoms with Crippen LogP contribution in [0.15, 0.2) is 30.3 Å². The maximum Gasteiger partial charge on any atom is 0.309 e. The van der Waals surface area contributed by atoms with E-state index in [1.165, 1.54) is 0 Å². The number of hydrogen-bond acceptors (Lipinski definition) is 2. The van der Waals surface area contributed by atoms with Crippen LogP contribution in [0.2, 0.25) is 0 Å². The van der Waals surface area contributed by atoms with Crippen molar-refractivity contribution in [2.75, 3.05) is 0 Å². The van der Waals surface area contributed by atoms with Crippen LogP contribution in [0.1, 0.15) is 25.5 Å². The highest BCUT2D eigenvalue weighted by Gasteiger charge is 2.39. The van der Waals surface area contributed by atoms with Gasteiger partial charge in [-0.3, -0.25) is 4.79 Å². The zero-order valence-electron chi connectivity index (χ0n) is 8.44. The number of hydrogen-bond donors (Lipinski definition) is 0. The van der Waals surface area contributed by atoms with Crippen molar-refractivity contribution in [3.05, 3.63) is 35.9 Å². The highest BCUT2D eigenvalue weighted by atomic mass is 16.6. The molecule has 1 aliphatic rings. The summed E-state index contributed by atoms with van der Waals surface area (Å²) in [5.74, 6) is 0.205. The van der Waals surface area contributed by atoms with Gasteiger partial charge in [0.05, 0.1) is 5.92 Å². The molecular formula is C12H14O2. The Labute approximate surface area is 83.9 Å². The predicted octanol–water partition coefficient (Wildman–Crippen LogP) is 2.56. The molecular weight excluding hydrogens is 176 g/mol. The van der Waals surface area contributed by atoms with Crippen LogP contribution in [0, 0.1) is 11.8 Å². The number of benzene rings is 1. The lowest BCUT2D eigenvalue weighted by Crippen LogP contribution is -2.09. The van der Waals surface area contributed by atoms with E-state index < -0.39 is 0 Å². The minimum Gasteiger partial charge on any atom is -0.457 e. The molecule has 0 radical (unpaired) electrons. The summed E-state index contributed by atoms with van der Waals surface area (Å²) < 4.78 is 5.33. The first-order chi connectivity index (χ1) is 6.70. The SMILES string of the molecule is C[C@H]1[C@H](C)C(=O)O[C@@H]1c1ccccc1. The minimum atomic E-state index is -0.0775. The Balaban J connectivity index is 2.26. The largest absolute Gasteiger partial charge is 0.457 e. The molecule has 0 unspecified atom stereocenters. The third-order valence-corrected chi connectivity index (χ3v) is 3.01. The highest BCUT2D eigenvalue weighted by molar-refractivity contribution is 5.75. The molecule has 1 aromatic rings. The summed E-state index contributed by atoms with van der Waals surface area (Å²) in [4.78, 5) is 11.3. The van der Waals surface area contributed by atoms with Crippen molar-refractivity contribution in [3.8, 4) is 0 Å². The van der Waals surface area contributed by atoms with E-state index >= 15 is 0 Å². The standard InChI is InChI=1S/C12H14O2/c1-8-9(2)12(13)14-11(8)10-6-4-3-5-7-10/h3-9,11H,1-2H3/t8-,9-,11-/m0/s1. The van der Waals surface area contributed by atoms with E-state index in [1.807, 2.05) is 37.3 Å². The maximum atomic E-state index is 11.3. The van der Waals surface area contributed by atoms with Crippen molar-refractivity contribution in [1.82, 2.24) is 0 Å². The molecule has 2 rings (SSSR count). The monoisotopic (exact) mass is 190 g/mol. The van der Waals surface area contributed by atoms with Gasteiger partial charge in [-0.25, -0.2) is 0 Å². The molecule has 0 amide bonds. The van der Waals surface area contributed by atoms with E-state index in [-0.39, 0.29) is 23.9 Å². The number of carbonyl (C=O) groups excluding carboxylic acids is 1. The molecule has 0 spiro atoms. The average molecular weight is 190 g/mol. The number of esters is 1. The van der Waals surface area contributed by atoms with Gasteiger partial charge in [-0.15, -0.1) is 0 Å². The Bertz CT molecular complexity index is 331. The highest BCUT2D eigenvalue weighted by Crippen LogP contribution is 2.38. The van der Waals surface area contributed by atoms with Crippen LogP contribution in [0.5, 0.6) is 0 Å². The Hall–Kier alpha value is -1.31. The summed E-state index contributed by atoms with van der Waals surface area (Å²) in [6.07, 6.45) is -0.0568. The molecule has 3 atom stereocenters. The smallest absolute Gasteiger partial charge is 0.309 e. The molecule has 0 aromatic heterocycles. The summed E-state index contributed by atoms with van der Waals surface area (Å²) in [6, 6.07) is 9.92. The van der Waals surface area contributed by atoms with Crippen LogP contribution in [0.3, 0.4) is 0 Å². The van der Waals surface area contributed by atoms with Crippen molar-refractivity contribution in [1.29, 1.82) is 0 Å². The van der Waals surface area contributed by atoms with Gasteiger partial charge in [0.2, 0.25) is 0 Å². The fraction of sp³-hybridized carbons (Fsp3) is 0.417. The topological polar surface area (TPSA) is 26.3 Å². The maximum absolute atomic E-state index is 11.3. The Morgan fingerprint density at radius 1 is 1.14 bits per heavy atom. The van der Waals surface area contributed by atoms with Gasteiger partial charge in [0.25, 0.3) is 0 Å². The van der Waals surface area contributed by atoms with E-state index in [2.05, 4.69) is 6.92 Å². The van der Waals surface area contributed by atoms with Gasteiger partial charge in [0, 0.05) is 5.92 Å². The summed E-state index contributed by atoms with van der Waals surface area (Å²) >= 11 is 0. The fourth-order valence-electron chi connectivity index (χ4n) is 1.83. The quantitative estimate of drug-likeness (QED) is 0.636. The number of rotatable bonds is 1. The lowest BCUT2D eigenvalue weighted by Gasteiger charge is -2.14. The minimum absolute atomic E-state index is 0.0141. The first-order valence-corrected chi connectivity index (χ1v) is 4.95. The van der Waals surface area contributed by atoms with Crippen molar-refractivity contribution in [2.45, 2.75) is 20.0 Å². The normalized spacial score (nSPS) is 31.6. The van der Waals surface area contributed by atoms with Crippen LogP contribution < -0.4 is 0 Å². The summed E-state index contributed by atoms with van der Waals surface area (Å²) in [6.45, 7) is 3.99. The molecule has 0 aliphatic carbocycles. The fourth-order valence-corrected chi connectivity index (χ4v) is 1.83. The van der Waals surface area contributed by atoms with Gasteiger partial charge in [-0.1, -0.05) is 44.2 Å². The second-order valence-electron chi connectivity index (χ2n) is 3.92. The molecule has 2 heteroatoms. The van der Waals surface area contributed by atoms with Gasteiger partial charge in [-0.2, -0.15) is 0 Å². The molecule has 74 valence electrons. The molecule has 14 heavy (non-hydrogen) atoms. The molecule has 2 nitrogen and oxygen atoms in total. The van der Waals surface area contributed by atoms with Gasteiger partial charge >= 0.3 is 5.97 Å². The van der Waals surface area contributed by atoms with Gasteiger partial charge in [0.1, 0.15) is 6.10 Å². The summed E-state index contributed by atoms with van der Waals surface area (Å²) in [5, 5.41) is 0. The van der Waals surface area contributed by atoms with Crippen LogP contribution in [0.25, 0.3) is 0 Å². The molecule has 1 aromatic carbocycles. The summed E-state index contributed by atoms with van der Waals surface area (Å²) in [5.41, 5.74) is 1.10. The molecule has 0 saturated carbocycles. The van der Waals surface area contributed by atoms with E-state index in [1.54, 1.807) is 0 Å². The lowest BCUT2D eigenvalue weighted by molar-refractivity contribution is -0.144. The van der Waals surface area contributed by atoms with E-state index in [4.69, 9.17) is 4.74 Å². The Kier molecular flexibility index (Phi) is 2.28. The number of cyclic esters (lactones) is 1.